The SMILES string of the molecule is COc1ccc(-c2cc(CC(=O)NCCN(C)C)no2)cc1. The van der Waals surface area contributed by atoms with Gasteiger partial charge in [0.15, 0.2) is 5.76 Å². The molecule has 118 valence electrons. The quantitative estimate of drug-likeness (QED) is 0.841. The van der Waals surface area contributed by atoms with Gasteiger partial charge in [0.25, 0.3) is 0 Å². The van der Waals surface area contributed by atoms with Crippen LogP contribution in [-0.2, 0) is 11.2 Å². The fourth-order valence-electron chi connectivity index (χ4n) is 1.93. The van der Waals surface area contributed by atoms with E-state index in [1.165, 1.54) is 0 Å². The molecule has 0 aliphatic rings. The molecule has 6 nitrogen and oxygen atoms in total. The molecule has 0 saturated carbocycles. The summed E-state index contributed by atoms with van der Waals surface area (Å²) >= 11 is 0. The Labute approximate surface area is 130 Å². The van der Waals surface area contributed by atoms with E-state index < -0.39 is 0 Å². The maximum absolute atomic E-state index is 11.8. The zero-order chi connectivity index (χ0) is 15.9. The van der Waals surface area contributed by atoms with Crippen LogP contribution in [0.1, 0.15) is 5.69 Å². The van der Waals surface area contributed by atoms with Gasteiger partial charge in [-0.2, -0.15) is 0 Å². The van der Waals surface area contributed by atoms with Gasteiger partial charge in [-0.3, -0.25) is 4.79 Å². The Bertz CT molecular complexity index is 605. The highest BCUT2D eigenvalue weighted by Crippen LogP contribution is 2.23. The molecule has 2 rings (SSSR count). The molecular weight excluding hydrogens is 282 g/mol. The highest BCUT2D eigenvalue weighted by molar-refractivity contribution is 5.78. The van der Waals surface area contributed by atoms with Crippen molar-refractivity contribution in [3.8, 4) is 17.1 Å². The van der Waals surface area contributed by atoms with Crippen LogP contribution < -0.4 is 10.1 Å². The molecule has 0 atom stereocenters. The number of amides is 1. The zero-order valence-electron chi connectivity index (χ0n) is 13.1. The first-order chi connectivity index (χ1) is 10.6. The lowest BCUT2D eigenvalue weighted by Crippen LogP contribution is -2.32. The second kappa shape index (κ2) is 7.61. The minimum absolute atomic E-state index is 0.0589. The van der Waals surface area contributed by atoms with Crippen molar-refractivity contribution in [2.75, 3.05) is 34.3 Å². The van der Waals surface area contributed by atoms with E-state index in [0.29, 0.717) is 18.0 Å². The van der Waals surface area contributed by atoms with Crippen LogP contribution in [0.15, 0.2) is 34.9 Å². The summed E-state index contributed by atoms with van der Waals surface area (Å²) in [6.45, 7) is 1.43. The molecule has 0 spiro atoms. The van der Waals surface area contributed by atoms with Crippen molar-refractivity contribution < 1.29 is 14.1 Å². The highest BCUT2D eigenvalue weighted by Gasteiger charge is 2.10. The fraction of sp³-hybridized carbons (Fsp3) is 0.375. The second-order valence-electron chi connectivity index (χ2n) is 5.24. The van der Waals surface area contributed by atoms with Crippen molar-refractivity contribution in [2.24, 2.45) is 0 Å². The summed E-state index contributed by atoms with van der Waals surface area (Å²) in [6.07, 6.45) is 0.215. The molecule has 0 aliphatic carbocycles. The van der Waals surface area contributed by atoms with Crippen LogP contribution in [0.2, 0.25) is 0 Å². The van der Waals surface area contributed by atoms with Crippen molar-refractivity contribution >= 4 is 5.91 Å². The molecular formula is C16H21N3O3. The molecule has 0 radical (unpaired) electrons. The van der Waals surface area contributed by atoms with Crippen LogP contribution in [0.5, 0.6) is 5.75 Å². The van der Waals surface area contributed by atoms with E-state index in [0.717, 1.165) is 17.9 Å². The van der Waals surface area contributed by atoms with E-state index in [9.17, 15) is 4.79 Å². The topological polar surface area (TPSA) is 67.6 Å². The maximum Gasteiger partial charge on any atom is 0.226 e. The van der Waals surface area contributed by atoms with E-state index >= 15 is 0 Å². The van der Waals surface area contributed by atoms with Gasteiger partial charge < -0.3 is 19.5 Å². The summed E-state index contributed by atoms with van der Waals surface area (Å²) in [6, 6.07) is 9.27. The van der Waals surface area contributed by atoms with Gasteiger partial charge in [0.2, 0.25) is 5.91 Å². The van der Waals surface area contributed by atoms with Gasteiger partial charge in [-0.1, -0.05) is 5.16 Å². The van der Waals surface area contributed by atoms with E-state index in [1.54, 1.807) is 13.2 Å². The summed E-state index contributed by atoms with van der Waals surface area (Å²) in [7, 11) is 5.55. The largest absolute Gasteiger partial charge is 0.497 e. The predicted molar refractivity (Wildman–Crippen MR) is 83.8 cm³/mol. The van der Waals surface area contributed by atoms with Gasteiger partial charge in [0, 0.05) is 24.7 Å². The summed E-state index contributed by atoms with van der Waals surface area (Å²) in [4.78, 5) is 13.8. The van der Waals surface area contributed by atoms with Crippen LogP contribution >= 0.6 is 0 Å². The number of hydrogen-bond acceptors (Lipinski definition) is 5. The molecule has 0 aliphatic heterocycles. The molecule has 1 aromatic carbocycles. The van der Waals surface area contributed by atoms with E-state index in [-0.39, 0.29) is 12.3 Å². The fourth-order valence-corrected chi connectivity index (χ4v) is 1.93. The van der Waals surface area contributed by atoms with Crippen molar-refractivity contribution in [3.05, 3.63) is 36.0 Å². The Morgan fingerprint density at radius 2 is 2.05 bits per heavy atom. The molecule has 1 amide bonds. The van der Waals surface area contributed by atoms with Crippen molar-refractivity contribution in [2.45, 2.75) is 6.42 Å². The first kappa shape index (κ1) is 16.0. The maximum atomic E-state index is 11.8. The summed E-state index contributed by atoms with van der Waals surface area (Å²) in [5, 5.41) is 6.79. The Morgan fingerprint density at radius 3 is 2.68 bits per heavy atom. The number of nitrogens with zero attached hydrogens (tertiary/aromatic N) is 2. The summed E-state index contributed by atoms with van der Waals surface area (Å²) in [5.74, 6) is 1.36. The molecule has 1 N–H and O–H groups in total. The molecule has 0 bridgehead atoms. The van der Waals surface area contributed by atoms with Crippen LogP contribution in [0.3, 0.4) is 0 Å². The van der Waals surface area contributed by atoms with Gasteiger partial charge in [-0.05, 0) is 38.4 Å². The number of likely N-dealkylation sites (N-methyl/N-ethyl adjacent to an activating group) is 1. The molecule has 6 heteroatoms. The Hall–Kier alpha value is -2.34. The Balaban J connectivity index is 1.91. The van der Waals surface area contributed by atoms with Gasteiger partial charge >= 0.3 is 0 Å². The number of nitrogens with one attached hydrogen (secondary N) is 1. The minimum atomic E-state index is -0.0589. The monoisotopic (exact) mass is 303 g/mol. The van der Waals surface area contributed by atoms with Crippen LogP contribution in [0.25, 0.3) is 11.3 Å². The Morgan fingerprint density at radius 1 is 1.32 bits per heavy atom. The van der Waals surface area contributed by atoms with Gasteiger partial charge in [-0.25, -0.2) is 0 Å². The number of carbonyl (C=O) groups is 1. The molecule has 0 saturated heterocycles. The smallest absolute Gasteiger partial charge is 0.226 e. The lowest BCUT2D eigenvalue weighted by Gasteiger charge is -2.09. The number of methoxy groups -OCH3 is 1. The molecule has 22 heavy (non-hydrogen) atoms. The average molecular weight is 303 g/mol. The summed E-state index contributed by atoms with van der Waals surface area (Å²) in [5.41, 5.74) is 1.51. The number of aromatic nitrogens is 1. The normalized spacial score (nSPS) is 10.7. The first-order valence-corrected chi connectivity index (χ1v) is 7.10. The molecule has 1 aromatic heterocycles. The molecule has 0 unspecified atom stereocenters. The van der Waals surface area contributed by atoms with Gasteiger partial charge in [0.05, 0.1) is 19.2 Å². The lowest BCUT2D eigenvalue weighted by molar-refractivity contribution is -0.120. The third-order valence-electron chi connectivity index (χ3n) is 3.16. The number of rotatable bonds is 7. The van der Waals surface area contributed by atoms with Crippen molar-refractivity contribution in [1.29, 1.82) is 0 Å². The number of benzene rings is 1. The predicted octanol–water partition coefficient (Wildman–Crippen LogP) is 1.57. The molecule has 0 fully saturated rings. The second-order valence-corrected chi connectivity index (χ2v) is 5.24. The van der Waals surface area contributed by atoms with Crippen molar-refractivity contribution in [3.63, 3.8) is 0 Å². The van der Waals surface area contributed by atoms with E-state index in [2.05, 4.69) is 10.5 Å². The average Bonchev–Trinajstić information content (AvgIpc) is 2.95. The van der Waals surface area contributed by atoms with Crippen molar-refractivity contribution in [1.82, 2.24) is 15.4 Å². The minimum Gasteiger partial charge on any atom is -0.497 e. The van der Waals surface area contributed by atoms with E-state index in [1.807, 2.05) is 43.3 Å². The lowest BCUT2D eigenvalue weighted by atomic mass is 10.1. The van der Waals surface area contributed by atoms with Crippen LogP contribution in [-0.4, -0.2) is 50.3 Å². The third kappa shape index (κ3) is 4.60. The number of hydrogen-bond donors (Lipinski definition) is 1. The van der Waals surface area contributed by atoms with Gasteiger partial charge in [0.1, 0.15) is 5.75 Å². The first-order valence-electron chi connectivity index (χ1n) is 7.10. The molecule has 1 heterocycles. The van der Waals surface area contributed by atoms with E-state index in [4.69, 9.17) is 9.26 Å². The number of carbonyl (C=O) groups excluding carboxylic acids is 1. The highest BCUT2D eigenvalue weighted by atomic mass is 16.5. The Kier molecular flexibility index (Phi) is 5.55. The standard InChI is InChI=1S/C16H21N3O3/c1-19(2)9-8-17-16(20)11-13-10-15(22-18-13)12-4-6-14(21-3)7-5-12/h4-7,10H,8-9,11H2,1-3H3,(H,17,20). The van der Waals surface area contributed by atoms with Gasteiger partial charge in [-0.15, -0.1) is 0 Å². The van der Waals surface area contributed by atoms with Crippen LogP contribution in [0.4, 0.5) is 0 Å². The zero-order valence-corrected chi connectivity index (χ0v) is 13.1. The third-order valence-corrected chi connectivity index (χ3v) is 3.16. The summed E-state index contributed by atoms with van der Waals surface area (Å²) < 4.78 is 10.4. The number of ether oxygens (including phenoxy) is 1. The molecule has 2 aromatic rings. The van der Waals surface area contributed by atoms with Crippen LogP contribution in [0, 0.1) is 0 Å².